The highest BCUT2D eigenvalue weighted by Gasteiger charge is 2.32. The molecule has 100 valence electrons. The Morgan fingerprint density at radius 3 is 2.60 bits per heavy atom. The van der Waals surface area contributed by atoms with Gasteiger partial charge < -0.3 is 4.74 Å². The zero-order valence-electron chi connectivity index (χ0n) is 10.3. The van der Waals surface area contributed by atoms with Crippen LogP contribution in [-0.4, -0.2) is 4.92 Å². The Hall–Kier alpha value is -2.14. The summed E-state index contributed by atoms with van der Waals surface area (Å²) in [6.07, 6.45) is 0.885. The fourth-order valence-corrected chi connectivity index (χ4v) is 2.51. The van der Waals surface area contributed by atoms with Gasteiger partial charge in [0.05, 0.1) is 4.92 Å². The van der Waals surface area contributed by atoms with Gasteiger partial charge in [-0.1, -0.05) is 46.3 Å². The van der Waals surface area contributed by atoms with E-state index in [0.29, 0.717) is 11.3 Å². The first-order chi connectivity index (χ1) is 9.65. The van der Waals surface area contributed by atoms with Crippen molar-refractivity contribution in [2.75, 3.05) is 0 Å². The van der Waals surface area contributed by atoms with E-state index in [4.69, 9.17) is 4.74 Å². The van der Waals surface area contributed by atoms with Crippen molar-refractivity contribution < 1.29 is 9.66 Å². The van der Waals surface area contributed by atoms with Crippen LogP contribution in [0.3, 0.4) is 0 Å². The maximum atomic E-state index is 11.3. The number of halogens is 1. The van der Waals surface area contributed by atoms with Crippen molar-refractivity contribution in [3.8, 4) is 5.75 Å². The van der Waals surface area contributed by atoms with E-state index in [9.17, 15) is 10.1 Å². The molecular weight excluding hydrogens is 322 g/mol. The van der Waals surface area contributed by atoms with Gasteiger partial charge in [-0.05, 0) is 18.2 Å². The minimum Gasteiger partial charge on any atom is -0.474 e. The van der Waals surface area contributed by atoms with Crippen LogP contribution in [0.15, 0.2) is 58.7 Å². The molecule has 0 radical (unpaired) electrons. The van der Waals surface area contributed by atoms with Crippen LogP contribution in [0.1, 0.15) is 17.2 Å². The monoisotopic (exact) mass is 331 g/mol. The molecule has 0 aromatic heterocycles. The van der Waals surface area contributed by atoms with E-state index in [0.717, 1.165) is 10.0 Å². The zero-order valence-corrected chi connectivity index (χ0v) is 11.9. The summed E-state index contributed by atoms with van der Waals surface area (Å²) in [7, 11) is 0. The molecule has 0 N–H and O–H groups in total. The van der Waals surface area contributed by atoms with Crippen LogP contribution in [0.4, 0.5) is 0 Å². The van der Waals surface area contributed by atoms with Gasteiger partial charge in [-0.2, -0.15) is 0 Å². The lowest BCUT2D eigenvalue weighted by Crippen LogP contribution is -2.19. The molecule has 5 heteroatoms. The Balaban J connectivity index is 2.11. The van der Waals surface area contributed by atoms with Crippen LogP contribution in [0.2, 0.25) is 0 Å². The minimum absolute atomic E-state index is 0.0472. The summed E-state index contributed by atoms with van der Waals surface area (Å²) in [4.78, 5) is 10.9. The molecule has 1 aliphatic rings. The Morgan fingerprint density at radius 2 is 1.90 bits per heavy atom. The largest absolute Gasteiger partial charge is 0.474 e. The Labute approximate surface area is 124 Å². The van der Waals surface area contributed by atoms with Crippen LogP contribution < -0.4 is 4.74 Å². The number of hydrogen-bond donors (Lipinski definition) is 0. The van der Waals surface area contributed by atoms with Crippen molar-refractivity contribution in [3.05, 3.63) is 79.9 Å². The Bertz CT molecular complexity index is 698. The first kappa shape index (κ1) is 12.9. The molecule has 1 unspecified atom stereocenters. The SMILES string of the molecule is O=[N+]([O-])C1=Cc2ccc(Br)cc2OC1c1ccccc1. The maximum Gasteiger partial charge on any atom is 0.291 e. The van der Waals surface area contributed by atoms with E-state index in [1.165, 1.54) is 0 Å². The first-order valence-corrected chi connectivity index (χ1v) is 6.81. The third-order valence-electron chi connectivity index (χ3n) is 3.11. The molecule has 4 nitrogen and oxygen atoms in total. The molecule has 0 bridgehead atoms. The summed E-state index contributed by atoms with van der Waals surface area (Å²) in [6.45, 7) is 0. The fourth-order valence-electron chi connectivity index (χ4n) is 2.17. The quantitative estimate of drug-likeness (QED) is 0.612. The number of hydrogen-bond acceptors (Lipinski definition) is 3. The summed E-state index contributed by atoms with van der Waals surface area (Å²) < 4.78 is 6.71. The zero-order chi connectivity index (χ0) is 14.1. The predicted molar refractivity (Wildman–Crippen MR) is 78.9 cm³/mol. The van der Waals surface area contributed by atoms with Gasteiger partial charge in [0.1, 0.15) is 5.75 Å². The van der Waals surface area contributed by atoms with Gasteiger partial charge >= 0.3 is 0 Å². The minimum atomic E-state index is -0.687. The second kappa shape index (κ2) is 5.09. The van der Waals surface area contributed by atoms with E-state index < -0.39 is 6.10 Å². The third-order valence-corrected chi connectivity index (χ3v) is 3.60. The normalized spacial score (nSPS) is 16.9. The summed E-state index contributed by atoms with van der Waals surface area (Å²) in [6, 6.07) is 14.6. The highest BCUT2D eigenvalue weighted by molar-refractivity contribution is 9.10. The van der Waals surface area contributed by atoms with Gasteiger partial charge in [-0.3, -0.25) is 10.1 Å². The van der Waals surface area contributed by atoms with Crippen molar-refractivity contribution in [2.24, 2.45) is 0 Å². The topological polar surface area (TPSA) is 52.4 Å². The average molecular weight is 332 g/mol. The van der Waals surface area contributed by atoms with Crippen LogP contribution >= 0.6 is 15.9 Å². The molecule has 20 heavy (non-hydrogen) atoms. The number of benzene rings is 2. The van der Waals surface area contributed by atoms with Crippen LogP contribution in [0.25, 0.3) is 6.08 Å². The van der Waals surface area contributed by atoms with Gasteiger partial charge in [-0.25, -0.2) is 0 Å². The van der Waals surface area contributed by atoms with E-state index in [1.807, 2.05) is 42.5 Å². The molecule has 0 saturated carbocycles. The summed E-state index contributed by atoms with van der Waals surface area (Å²) in [5.41, 5.74) is 1.53. The molecule has 2 aromatic carbocycles. The van der Waals surface area contributed by atoms with Gasteiger partial charge in [0.2, 0.25) is 6.10 Å². The molecular formula is C15H10BrNO3. The van der Waals surface area contributed by atoms with E-state index in [-0.39, 0.29) is 10.6 Å². The predicted octanol–water partition coefficient (Wildman–Crippen LogP) is 4.20. The Kier molecular flexibility index (Phi) is 3.28. The van der Waals surface area contributed by atoms with Crippen LogP contribution in [0, 0.1) is 10.1 Å². The van der Waals surface area contributed by atoms with E-state index >= 15 is 0 Å². The molecule has 0 fully saturated rings. The van der Waals surface area contributed by atoms with E-state index in [2.05, 4.69) is 15.9 Å². The van der Waals surface area contributed by atoms with Crippen molar-refractivity contribution >= 4 is 22.0 Å². The number of nitro groups is 1. The maximum absolute atomic E-state index is 11.3. The molecule has 0 saturated heterocycles. The average Bonchev–Trinajstić information content (AvgIpc) is 2.46. The molecule has 0 amide bonds. The third kappa shape index (κ3) is 2.32. The molecule has 2 aromatic rings. The summed E-state index contributed by atoms with van der Waals surface area (Å²) in [5, 5.41) is 11.3. The van der Waals surface area contributed by atoms with E-state index in [1.54, 1.807) is 12.1 Å². The fraction of sp³-hybridized carbons (Fsp3) is 0.0667. The summed E-state index contributed by atoms with van der Waals surface area (Å²) in [5.74, 6) is 0.638. The lowest BCUT2D eigenvalue weighted by atomic mass is 10.0. The molecule has 0 spiro atoms. The van der Waals surface area contributed by atoms with Gasteiger partial charge in [0.25, 0.3) is 5.70 Å². The number of rotatable bonds is 2. The standard InChI is InChI=1S/C15H10BrNO3/c16-12-7-6-11-8-13(17(18)19)15(20-14(11)9-12)10-4-2-1-3-5-10/h1-9,15H. The van der Waals surface area contributed by atoms with Crippen molar-refractivity contribution in [1.29, 1.82) is 0 Å². The first-order valence-electron chi connectivity index (χ1n) is 6.02. The molecule has 0 aliphatic carbocycles. The highest BCUT2D eigenvalue weighted by Crippen LogP contribution is 2.38. The van der Waals surface area contributed by atoms with Crippen molar-refractivity contribution in [1.82, 2.24) is 0 Å². The number of nitrogens with zero attached hydrogens (tertiary/aromatic N) is 1. The van der Waals surface area contributed by atoms with Gasteiger partial charge in [0, 0.05) is 21.7 Å². The number of ether oxygens (including phenoxy) is 1. The van der Waals surface area contributed by atoms with Crippen molar-refractivity contribution in [2.45, 2.75) is 6.10 Å². The molecule has 1 aliphatic heterocycles. The second-order valence-corrected chi connectivity index (χ2v) is 5.33. The number of fused-ring (bicyclic) bond motifs is 1. The van der Waals surface area contributed by atoms with Gasteiger partial charge in [0.15, 0.2) is 0 Å². The van der Waals surface area contributed by atoms with Gasteiger partial charge in [-0.15, -0.1) is 0 Å². The molecule has 3 rings (SSSR count). The molecule has 1 atom stereocenters. The smallest absolute Gasteiger partial charge is 0.291 e. The van der Waals surface area contributed by atoms with Crippen LogP contribution in [-0.2, 0) is 0 Å². The lowest BCUT2D eigenvalue weighted by molar-refractivity contribution is -0.434. The second-order valence-electron chi connectivity index (χ2n) is 4.42. The van der Waals surface area contributed by atoms with Crippen LogP contribution in [0.5, 0.6) is 5.75 Å². The lowest BCUT2D eigenvalue weighted by Gasteiger charge is -2.22. The van der Waals surface area contributed by atoms with Crippen molar-refractivity contribution in [3.63, 3.8) is 0 Å². The molecule has 1 heterocycles. The highest BCUT2D eigenvalue weighted by atomic mass is 79.9. The Morgan fingerprint density at radius 1 is 1.15 bits per heavy atom. The summed E-state index contributed by atoms with van der Waals surface area (Å²) >= 11 is 3.38.